The summed E-state index contributed by atoms with van der Waals surface area (Å²) in [7, 11) is 1.33. The maximum atomic E-state index is 11.7. The second-order valence-corrected chi connectivity index (χ2v) is 7.68. The molecule has 0 amide bonds. The first-order valence-corrected chi connectivity index (χ1v) is 9.40. The first-order valence-electron chi connectivity index (χ1n) is 7.33. The third-order valence-electron chi connectivity index (χ3n) is 3.94. The van der Waals surface area contributed by atoms with E-state index in [9.17, 15) is 9.90 Å². The van der Waals surface area contributed by atoms with Gasteiger partial charge in [0.15, 0.2) is 15.2 Å². The Hall–Kier alpha value is -1.15. The smallest absolute Gasteiger partial charge is 0.351 e. The quantitative estimate of drug-likeness (QED) is 0.810. The lowest BCUT2D eigenvalue weighted by Gasteiger charge is -2.25. The Labute approximate surface area is 147 Å². The van der Waals surface area contributed by atoms with Crippen molar-refractivity contribution in [2.75, 3.05) is 18.6 Å². The van der Waals surface area contributed by atoms with E-state index in [1.54, 1.807) is 11.3 Å². The summed E-state index contributed by atoms with van der Waals surface area (Å²) in [5.74, 6) is -0.465. The van der Waals surface area contributed by atoms with E-state index < -0.39 is 12.1 Å². The van der Waals surface area contributed by atoms with Crippen LogP contribution >= 0.6 is 34.3 Å². The number of carbonyl (C=O) groups is 1. The van der Waals surface area contributed by atoms with Gasteiger partial charge in [-0.15, -0.1) is 11.3 Å². The van der Waals surface area contributed by atoms with Crippen molar-refractivity contribution < 1.29 is 14.6 Å². The Morgan fingerprint density at radius 2 is 2.48 bits per heavy atom. The minimum Gasteiger partial charge on any atom is -0.465 e. The van der Waals surface area contributed by atoms with Gasteiger partial charge in [0.25, 0.3) is 0 Å². The van der Waals surface area contributed by atoms with Gasteiger partial charge >= 0.3 is 5.97 Å². The topological polar surface area (TPSA) is 62.7 Å². The van der Waals surface area contributed by atoms with E-state index in [2.05, 4.69) is 9.88 Å². The number of thiophene rings is 1. The fourth-order valence-corrected chi connectivity index (χ4v) is 4.84. The maximum Gasteiger partial charge on any atom is 0.351 e. The molecular weight excluding hydrogens is 356 g/mol. The average Bonchev–Trinajstić information content (AvgIpc) is 3.26. The van der Waals surface area contributed by atoms with Crippen LogP contribution < -0.4 is 4.90 Å². The highest BCUT2D eigenvalue weighted by molar-refractivity contribution is 7.18. The lowest BCUT2D eigenvalue weighted by Crippen LogP contribution is -2.30. The molecule has 23 heavy (non-hydrogen) atoms. The summed E-state index contributed by atoms with van der Waals surface area (Å²) >= 11 is 8.86. The van der Waals surface area contributed by atoms with Crippen molar-refractivity contribution in [1.29, 1.82) is 0 Å². The Bertz CT molecular complexity index is 674. The van der Waals surface area contributed by atoms with Gasteiger partial charge in [0.05, 0.1) is 13.2 Å². The number of methoxy groups -OCH3 is 1. The lowest BCUT2D eigenvalue weighted by molar-refractivity contribution is 0.0606. The number of ether oxygens (including phenoxy) is 1. The molecule has 5 nitrogen and oxygen atoms in total. The minimum atomic E-state index is -0.476. The van der Waals surface area contributed by atoms with Gasteiger partial charge in [-0.05, 0) is 30.7 Å². The van der Waals surface area contributed by atoms with E-state index in [-0.39, 0.29) is 11.2 Å². The van der Waals surface area contributed by atoms with E-state index in [1.165, 1.54) is 18.4 Å². The Morgan fingerprint density at radius 3 is 3.17 bits per heavy atom. The standard InChI is InChI=1S/C15H17ClN2O3S2/c1-21-14(20)12-13(16)17-15(23-12)18-6-2-4-9(18)8-10(19)11-5-3-7-22-11/h3,5,7,9-10,19H,2,4,6,8H2,1H3. The molecule has 0 bridgehead atoms. The molecule has 2 unspecified atom stereocenters. The minimum absolute atomic E-state index is 0.182. The van der Waals surface area contributed by atoms with E-state index in [0.29, 0.717) is 11.3 Å². The molecule has 1 aliphatic rings. The predicted molar refractivity (Wildman–Crippen MR) is 92.7 cm³/mol. The summed E-state index contributed by atoms with van der Waals surface area (Å²) in [5.41, 5.74) is 0. The number of aliphatic hydroxyl groups is 1. The van der Waals surface area contributed by atoms with Crippen LogP contribution in [-0.2, 0) is 4.74 Å². The van der Waals surface area contributed by atoms with Gasteiger partial charge < -0.3 is 14.7 Å². The Kier molecular flexibility index (Phi) is 5.21. The van der Waals surface area contributed by atoms with Gasteiger partial charge in [-0.2, -0.15) is 0 Å². The molecule has 0 saturated carbocycles. The SMILES string of the molecule is COC(=O)c1sc(N2CCCC2CC(O)c2cccs2)nc1Cl. The van der Waals surface area contributed by atoms with E-state index >= 15 is 0 Å². The van der Waals surface area contributed by atoms with Crippen LogP contribution in [0.5, 0.6) is 0 Å². The van der Waals surface area contributed by atoms with Crippen molar-refractivity contribution in [3.05, 3.63) is 32.4 Å². The molecule has 0 aliphatic carbocycles. The van der Waals surface area contributed by atoms with Crippen LogP contribution in [0.15, 0.2) is 17.5 Å². The molecule has 8 heteroatoms. The van der Waals surface area contributed by atoms with E-state index in [1.807, 2.05) is 17.5 Å². The summed E-state index contributed by atoms with van der Waals surface area (Å²) in [5, 5.41) is 13.3. The summed E-state index contributed by atoms with van der Waals surface area (Å²) in [6.45, 7) is 0.853. The molecule has 124 valence electrons. The monoisotopic (exact) mass is 372 g/mol. The van der Waals surface area contributed by atoms with Crippen LogP contribution in [0.1, 0.15) is 39.9 Å². The van der Waals surface area contributed by atoms with E-state index in [0.717, 1.165) is 29.4 Å². The molecule has 2 atom stereocenters. The van der Waals surface area contributed by atoms with Gasteiger partial charge in [0.1, 0.15) is 0 Å². The summed E-state index contributed by atoms with van der Waals surface area (Å²) < 4.78 is 4.72. The molecule has 1 aliphatic heterocycles. The number of hydrogen-bond acceptors (Lipinski definition) is 7. The third-order valence-corrected chi connectivity index (χ3v) is 6.37. The molecule has 2 aromatic rings. The van der Waals surface area contributed by atoms with Gasteiger partial charge in [0, 0.05) is 17.5 Å². The van der Waals surface area contributed by atoms with Crippen LogP contribution in [0.2, 0.25) is 5.15 Å². The summed E-state index contributed by atoms with van der Waals surface area (Å²) in [6.07, 6.45) is 2.20. The summed E-state index contributed by atoms with van der Waals surface area (Å²) in [4.78, 5) is 19.4. The Balaban J connectivity index is 1.75. The number of aliphatic hydroxyl groups excluding tert-OH is 1. The van der Waals surface area contributed by atoms with E-state index in [4.69, 9.17) is 16.3 Å². The fourth-order valence-electron chi connectivity index (χ4n) is 2.82. The number of anilines is 1. The van der Waals surface area contributed by atoms with Crippen molar-refractivity contribution >= 4 is 45.4 Å². The maximum absolute atomic E-state index is 11.7. The van der Waals surface area contributed by atoms with Crippen molar-refractivity contribution in [2.45, 2.75) is 31.4 Å². The highest BCUT2D eigenvalue weighted by Crippen LogP contribution is 2.37. The molecule has 0 aromatic carbocycles. The fraction of sp³-hybridized carbons (Fsp3) is 0.467. The van der Waals surface area contributed by atoms with Crippen LogP contribution in [-0.4, -0.2) is 35.8 Å². The highest BCUT2D eigenvalue weighted by atomic mass is 35.5. The third kappa shape index (κ3) is 3.52. The highest BCUT2D eigenvalue weighted by Gasteiger charge is 2.31. The predicted octanol–water partition coefficient (Wildman–Crippen LogP) is 3.74. The molecule has 1 N–H and O–H groups in total. The first kappa shape index (κ1) is 16.7. The van der Waals surface area contributed by atoms with Gasteiger partial charge in [0.2, 0.25) is 0 Å². The van der Waals surface area contributed by atoms with Crippen molar-refractivity contribution in [3.63, 3.8) is 0 Å². The second-order valence-electron chi connectivity index (χ2n) is 5.36. The van der Waals surface area contributed by atoms with Crippen molar-refractivity contribution in [2.24, 2.45) is 0 Å². The normalized spacial score (nSPS) is 19.1. The van der Waals surface area contributed by atoms with Crippen molar-refractivity contribution in [3.8, 4) is 0 Å². The summed E-state index contributed by atoms with van der Waals surface area (Å²) in [6, 6.07) is 4.09. The number of rotatable bonds is 5. The van der Waals surface area contributed by atoms with Gasteiger partial charge in [-0.1, -0.05) is 29.0 Å². The zero-order valence-electron chi connectivity index (χ0n) is 12.6. The lowest BCUT2D eigenvalue weighted by atomic mass is 10.1. The number of esters is 1. The van der Waals surface area contributed by atoms with Crippen LogP contribution in [0, 0.1) is 0 Å². The van der Waals surface area contributed by atoms with Crippen molar-refractivity contribution in [1.82, 2.24) is 4.98 Å². The molecule has 1 saturated heterocycles. The van der Waals surface area contributed by atoms with Gasteiger partial charge in [-0.3, -0.25) is 0 Å². The molecule has 0 spiro atoms. The number of thiazole rings is 1. The Morgan fingerprint density at radius 1 is 1.65 bits per heavy atom. The largest absolute Gasteiger partial charge is 0.465 e. The number of nitrogens with zero attached hydrogens (tertiary/aromatic N) is 2. The number of carbonyl (C=O) groups excluding carboxylic acids is 1. The molecule has 1 fully saturated rings. The molecule has 2 aromatic heterocycles. The zero-order valence-corrected chi connectivity index (χ0v) is 15.0. The van der Waals surface area contributed by atoms with Crippen LogP contribution in [0.3, 0.4) is 0 Å². The second kappa shape index (κ2) is 7.17. The first-order chi connectivity index (χ1) is 11.1. The molecule has 0 radical (unpaired) electrons. The zero-order chi connectivity index (χ0) is 16.4. The number of hydrogen-bond donors (Lipinski definition) is 1. The average molecular weight is 373 g/mol. The molecule has 3 heterocycles. The molecular formula is C15H17ClN2O3S2. The van der Waals surface area contributed by atoms with Gasteiger partial charge in [-0.25, -0.2) is 9.78 Å². The number of aromatic nitrogens is 1. The van der Waals surface area contributed by atoms with Crippen LogP contribution in [0.4, 0.5) is 5.13 Å². The number of halogens is 1. The molecule has 3 rings (SSSR count). The van der Waals surface area contributed by atoms with Crippen LogP contribution in [0.25, 0.3) is 0 Å².